The molecular weight excluding hydrogens is 376 g/mol. The molecule has 1 atom stereocenters. The minimum Gasteiger partial charge on any atom is -0.310 e. The predicted octanol–water partition coefficient (Wildman–Crippen LogP) is 4.64. The van der Waals surface area contributed by atoms with Gasteiger partial charge >= 0.3 is 6.18 Å². The zero-order chi connectivity index (χ0) is 21.1. The van der Waals surface area contributed by atoms with Gasteiger partial charge in [-0.2, -0.15) is 18.3 Å². The fraction of sp³-hybridized carbons (Fsp3) is 0.421. The zero-order valence-electron chi connectivity index (χ0n) is 16.1. The molecule has 28 heavy (non-hydrogen) atoms. The molecule has 0 amide bonds. The first-order valence-electron chi connectivity index (χ1n) is 8.89. The Kier molecular flexibility index (Phi) is 6.58. The van der Waals surface area contributed by atoms with Crippen LogP contribution in [0.2, 0.25) is 0 Å². The van der Waals surface area contributed by atoms with Crippen LogP contribution in [-0.4, -0.2) is 25.9 Å². The summed E-state index contributed by atoms with van der Waals surface area (Å²) in [6, 6.07) is 5.48. The monoisotopic (exact) mass is 398 g/mol. The highest BCUT2D eigenvalue weighted by Crippen LogP contribution is 2.26. The van der Waals surface area contributed by atoms with Crippen LogP contribution in [0.1, 0.15) is 49.5 Å². The minimum atomic E-state index is -4.27. The average molecular weight is 398 g/mol. The molecule has 0 aliphatic carbocycles. The lowest BCUT2D eigenvalue weighted by molar-refractivity contribution is -0.127. The summed E-state index contributed by atoms with van der Waals surface area (Å²) in [6.45, 7) is 6.43. The molecule has 1 aromatic carbocycles. The van der Waals surface area contributed by atoms with Crippen molar-refractivity contribution in [3.05, 3.63) is 57.3 Å². The Balaban J connectivity index is 0.00000136. The summed E-state index contributed by atoms with van der Waals surface area (Å²) in [5.41, 5.74) is 0.568. The summed E-state index contributed by atoms with van der Waals surface area (Å²) < 4.78 is 52.1. The lowest BCUT2D eigenvalue weighted by atomic mass is 10.0. The summed E-state index contributed by atoms with van der Waals surface area (Å²) in [6.07, 6.45) is -5.28. The lowest BCUT2D eigenvalue weighted by Gasteiger charge is -2.14. The number of hydrogen-bond acceptors (Lipinski definition) is 3. The first-order chi connectivity index (χ1) is 13.2. The van der Waals surface area contributed by atoms with Crippen molar-refractivity contribution in [2.24, 2.45) is 0 Å². The van der Waals surface area contributed by atoms with E-state index in [-0.39, 0.29) is 22.3 Å². The molecule has 0 saturated carbocycles. The quantitative estimate of drug-likeness (QED) is 0.652. The van der Waals surface area contributed by atoms with E-state index in [4.69, 9.17) is 0 Å². The Morgan fingerprint density at radius 1 is 1.18 bits per heavy atom. The van der Waals surface area contributed by atoms with Crippen LogP contribution >= 0.6 is 0 Å². The molecule has 3 aromatic rings. The van der Waals surface area contributed by atoms with Crippen LogP contribution in [0.3, 0.4) is 0 Å². The number of benzene rings is 1. The average Bonchev–Trinajstić information content (AvgIpc) is 3.01. The van der Waals surface area contributed by atoms with Gasteiger partial charge in [-0.05, 0) is 25.0 Å². The van der Waals surface area contributed by atoms with Crippen molar-refractivity contribution in [3.63, 3.8) is 0 Å². The van der Waals surface area contributed by atoms with E-state index >= 15 is 0 Å². The van der Waals surface area contributed by atoms with E-state index in [1.54, 1.807) is 26.0 Å². The van der Waals surface area contributed by atoms with Gasteiger partial charge in [-0.25, -0.2) is 14.1 Å². The van der Waals surface area contributed by atoms with E-state index in [1.807, 2.05) is 13.8 Å². The molecule has 1 unspecified atom stereocenters. The van der Waals surface area contributed by atoms with Crippen molar-refractivity contribution >= 4 is 11.0 Å². The van der Waals surface area contributed by atoms with Gasteiger partial charge < -0.3 is 4.98 Å². The molecule has 9 heteroatoms. The van der Waals surface area contributed by atoms with Gasteiger partial charge in [0, 0.05) is 0 Å². The highest BCUT2D eigenvalue weighted by molar-refractivity contribution is 5.77. The number of nitrogens with zero attached hydrogens (tertiary/aromatic N) is 3. The molecule has 0 fully saturated rings. The third-order valence-corrected chi connectivity index (χ3v) is 4.11. The number of nitrogens with one attached hydrogen (secondary N) is 1. The second-order valence-corrected chi connectivity index (χ2v) is 6.08. The van der Waals surface area contributed by atoms with Crippen molar-refractivity contribution in [2.45, 2.75) is 53.0 Å². The molecule has 3 rings (SSSR count). The maximum Gasteiger partial charge on any atom is 0.393 e. The third-order valence-electron chi connectivity index (χ3n) is 4.11. The zero-order valence-corrected chi connectivity index (χ0v) is 16.1. The highest BCUT2D eigenvalue weighted by atomic mass is 19.4. The summed E-state index contributed by atoms with van der Waals surface area (Å²) in [5, 5.41) is 4.23. The Morgan fingerprint density at radius 2 is 1.79 bits per heavy atom. The van der Waals surface area contributed by atoms with Crippen molar-refractivity contribution < 1.29 is 17.6 Å². The maximum atomic E-state index is 13.3. The second-order valence-electron chi connectivity index (χ2n) is 6.08. The number of aromatic amines is 1. The topological polar surface area (TPSA) is 63.6 Å². The number of halogens is 4. The van der Waals surface area contributed by atoms with Crippen LogP contribution < -0.4 is 5.56 Å². The van der Waals surface area contributed by atoms with Gasteiger partial charge in [-0.1, -0.05) is 38.1 Å². The number of aryl methyl sites for hydroxylation is 1. The van der Waals surface area contributed by atoms with Crippen LogP contribution in [0.15, 0.2) is 29.1 Å². The van der Waals surface area contributed by atoms with E-state index in [1.165, 1.54) is 16.8 Å². The third kappa shape index (κ3) is 4.58. The molecule has 0 radical (unpaired) electrons. The number of fused-ring (bicyclic) bond motifs is 1. The molecule has 2 heterocycles. The first kappa shape index (κ1) is 21.6. The van der Waals surface area contributed by atoms with Gasteiger partial charge in [0.15, 0.2) is 5.65 Å². The molecule has 2 aromatic heterocycles. The van der Waals surface area contributed by atoms with Crippen LogP contribution in [0.4, 0.5) is 17.6 Å². The highest BCUT2D eigenvalue weighted by Gasteiger charge is 2.27. The first-order valence-corrected chi connectivity index (χ1v) is 8.89. The lowest BCUT2D eigenvalue weighted by Crippen LogP contribution is -2.14. The van der Waals surface area contributed by atoms with E-state index in [0.29, 0.717) is 11.4 Å². The standard InChI is InChI=1S/C17H16F4N4O.C2H6/c1-9(12-5-3-11(4-6-12)7-17(19,20)21)25-15-14(13(8-18)24-25)16(26)23-10(2)22-15;1-2/h3-6,9H,7-8H2,1-2H3,(H,22,23,26);1-2H3. The Labute approximate surface area is 159 Å². The SMILES string of the molecule is CC.Cc1nc2c(c(CF)nn2C(C)c2ccc(CC(F)(F)F)cc2)c(=O)[nH]1. The molecule has 1 N–H and O–H groups in total. The van der Waals surface area contributed by atoms with E-state index in [0.717, 1.165) is 0 Å². The number of hydrogen-bond donors (Lipinski definition) is 1. The normalized spacial score (nSPS) is 12.6. The van der Waals surface area contributed by atoms with Crippen molar-refractivity contribution in [1.29, 1.82) is 0 Å². The molecule has 152 valence electrons. The fourth-order valence-corrected chi connectivity index (χ4v) is 2.87. The number of alkyl halides is 4. The molecule has 0 spiro atoms. The van der Waals surface area contributed by atoms with Crippen LogP contribution in [0.5, 0.6) is 0 Å². The molecule has 0 bridgehead atoms. The summed E-state index contributed by atoms with van der Waals surface area (Å²) in [4.78, 5) is 18.9. The van der Waals surface area contributed by atoms with E-state index < -0.39 is 30.9 Å². The Morgan fingerprint density at radius 3 is 2.32 bits per heavy atom. The van der Waals surface area contributed by atoms with Crippen molar-refractivity contribution in [2.75, 3.05) is 0 Å². The van der Waals surface area contributed by atoms with E-state index in [2.05, 4.69) is 15.1 Å². The summed E-state index contributed by atoms with van der Waals surface area (Å²) in [5.74, 6) is 0.363. The summed E-state index contributed by atoms with van der Waals surface area (Å²) >= 11 is 0. The molecule has 5 nitrogen and oxygen atoms in total. The van der Waals surface area contributed by atoms with Crippen LogP contribution in [0.25, 0.3) is 11.0 Å². The number of aromatic nitrogens is 4. The minimum absolute atomic E-state index is 0.0192. The van der Waals surface area contributed by atoms with Crippen molar-refractivity contribution in [3.8, 4) is 0 Å². The Bertz CT molecular complexity index is 990. The van der Waals surface area contributed by atoms with Crippen molar-refractivity contribution in [1.82, 2.24) is 19.7 Å². The number of H-pyrrole nitrogens is 1. The maximum absolute atomic E-state index is 13.3. The van der Waals surface area contributed by atoms with Gasteiger partial charge in [0.05, 0.1) is 12.5 Å². The fourth-order valence-electron chi connectivity index (χ4n) is 2.87. The van der Waals surface area contributed by atoms with Crippen LogP contribution in [-0.2, 0) is 13.1 Å². The summed E-state index contributed by atoms with van der Waals surface area (Å²) in [7, 11) is 0. The van der Waals surface area contributed by atoms with Gasteiger partial charge in [0.25, 0.3) is 5.56 Å². The van der Waals surface area contributed by atoms with Gasteiger partial charge in [0.1, 0.15) is 23.6 Å². The predicted molar refractivity (Wildman–Crippen MR) is 99.1 cm³/mol. The smallest absolute Gasteiger partial charge is 0.310 e. The van der Waals surface area contributed by atoms with Crippen LogP contribution in [0, 0.1) is 6.92 Å². The molecule has 0 aliphatic rings. The molecular formula is C19H22F4N4O. The Hall–Kier alpha value is -2.71. The van der Waals surface area contributed by atoms with Gasteiger partial charge in [0.2, 0.25) is 0 Å². The van der Waals surface area contributed by atoms with Gasteiger partial charge in [-0.15, -0.1) is 0 Å². The largest absolute Gasteiger partial charge is 0.393 e. The second kappa shape index (κ2) is 8.53. The number of rotatable bonds is 4. The molecule has 0 aliphatic heterocycles. The van der Waals surface area contributed by atoms with Gasteiger partial charge in [-0.3, -0.25) is 4.79 Å². The molecule has 0 saturated heterocycles. The van der Waals surface area contributed by atoms with E-state index in [9.17, 15) is 22.4 Å².